The van der Waals surface area contributed by atoms with Gasteiger partial charge in [-0.3, -0.25) is 0 Å². The third kappa shape index (κ3) is 4.44. The Hall–Kier alpha value is -3.26. The first-order valence-electron chi connectivity index (χ1n) is 10.3. The number of hydrogen-bond donors (Lipinski definition) is 5. The van der Waals surface area contributed by atoms with E-state index in [-0.39, 0.29) is 0 Å². The molecule has 31 heavy (non-hydrogen) atoms. The van der Waals surface area contributed by atoms with Crippen molar-refractivity contribution in [3.8, 4) is 5.75 Å². The van der Waals surface area contributed by atoms with Crippen molar-refractivity contribution in [2.75, 3.05) is 24.8 Å². The number of ether oxygens (including phenoxy) is 1. The van der Waals surface area contributed by atoms with E-state index in [1.165, 1.54) is 19.1 Å². The average Bonchev–Trinajstić information content (AvgIpc) is 3.42. The Labute approximate surface area is 186 Å². The molecule has 1 fully saturated rings. The van der Waals surface area contributed by atoms with Crippen molar-refractivity contribution in [1.29, 1.82) is 5.41 Å². The third-order valence-electron chi connectivity index (χ3n) is 5.46. The molecule has 5 N–H and O–H groups in total. The molecule has 2 aromatic heterocycles. The molecular formula is C22H26ClN7O. The average molecular weight is 440 g/mol. The molecule has 4 rings (SSSR count). The topological polar surface area (TPSA) is 111 Å². The molecule has 8 nitrogen and oxygen atoms in total. The minimum atomic E-state index is 0.395. The number of rotatable bonds is 8. The molecule has 0 bridgehead atoms. The normalized spacial score (nSPS) is 14.6. The molecule has 0 atom stereocenters. The van der Waals surface area contributed by atoms with Crippen LogP contribution in [0.1, 0.15) is 31.2 Å². The minimum Gasteiger partial charge on any atom is -0.495 e. The van der Waals surface area contributed by atoms with E-state index in [9.17, 15) is 0 Å². The van der Waals surface area contributed by atoms with Crippen LogP contribution in [-0.2, 0) is 0 Å². The van der Waals surface area contributed by atoms with Crippen LogP contribution in [0.5, 0.6) is 5.75 Å². The van der Waals surface area contributed by atoms with Gasteiger partial charge in [0.25, 0.3) is 0 Å². The van der Waals surface area contributed by atoms with Gasteiger partial charge in [-0.05, 0) is 31.1 Å². The molecule has 0 radical (unpaired) electrons. The van der Waals surface area contributed by atoms with Gasteiger partial charge in [0.05, 0.1) is 23.2 Å². The number of benzene rings is 1. The highest BCUT2D eigenvalue weighted by Crippen LogP contribution is 2.34. The van der Waals surface area contributed by atoms with Crippen molar-refractivity contribution in [3.63, 3.8) is 0 Å². The zero-order valence-corrected chi connectivity index (χ0v) is 18.3. The molecule has 9 heteroatoms. The lowest BCUT2D eigenvalue weighted by atomic mass is 10.1. The van der Waals surface area contributed by atoms with Crippen molar-refractivity contribution >= 4 is 52.0 Å². The summed E-state index contributed by atoms with van der Waals surface area (Å²) in [6.45, 7) is 0. The number of halogens is 1. The van der Waals surface area contributed by atoms with Crippen LogP contribution in [0.3, 0.4) is 0 Å². The van der Waals surface area contributed by atoms with Gasteiger partial charge in [-0.2, -0.15) is 9.97 Å². The smallest absolute Gasteiger partial charge is 0.231 e. The van der Waals surface area contributed by atoms with Gasteiger partial charge in [-0.25, -0.2) is 0 Å². The number of aromatic amines is 1. The SMILES string of the molecule is CN/C(=C\C=N)c1ccc(Nc2nc(NC3CCCC3)c3c(Cl)c[nH]c3n2)c(OC)c1. The van der Waals surface area contributed by atoms with Gasteiger partial charge in [-0.15, -0.1) is 0 Å². The van der Waals surface area contributed by atoms with Gasteiger partial charge in [0.2, 0.25) is 5.95 Å². The van der Waals surface area contributed by atoms with E-state index in [1.54, 1.807) is 19.4 Å². The summed E-state index contributed by atoms with van der Waals surface area (Å²) in [6.07, 6.45) is 9.37. The van der Waals surface area contributed by atoms with Crippen LogP contribution in [0.4, 0.5) is 17.5 Å². The third-order valence-corrected chi connectivity index (χ3v) is 5.76. The summed E-state index contributed by atoms with van der Waals surface area (Å²) < 4.78 is 5.59. The van der Waals surface area contributed by atoms with E-state index in [0.29, 0.717) is 28.4 Å². The van der Waals surface area contributed by atoms with E-state index >= 15 is 0 Å². The molecule has 2 heterocycles. The standard InChI is InChI=1S/C22H26ClN7O/c1-25-16(9-10-24)13-7-8-17(18(11-13)31-2)28-22-29-20-19(15(23)12-26-20)21(30-22)27-14-5-3-4-6-14/h7-12,14,24-25H,3-6H2,1-2H3,(H3,26,27,28,29,30)/b16-9-,24-10?. The second kappa shape index (κ2) is 9.26. The Bertz CT molecular complexity index is 1120. The number of fused-ring (bicyclic) bond motifs is 1. The Balaban J connectivity index is 1.68. The van der Waals surface area contributed by atoms with E-state index in [2.05, 4.69) is 25.9 Å². The highest BCUT2D eigenvalue weighted by Gasteiger charge is 2.20. The maximum Gasteiger partial charge on any atom is 0.231 e. The molecule has 0 saturated heterocycles. The maximum atomic E-state index is 7.32. The van der Waals surface area contributed by atoms with E-state index < -0.39 is 0 Å². The van der Waals surface area contributed by atoms with Crippen LogP contribution in [0.25, 0.3) is 16.7 Å². The lowest BCUT2D eigenvalue weighted by Crippen LogP contribution is -2.16. The van der Waals surface area contributed by atoms with E-state index in [4.69, 9.17) is 26.7 Å². The Kier molecular flexibility index (Phi) is 6.27. The fourth-order valence-electron chi connectivity index (χ4n) is 3.91. The quantitative estimate of drug-likeness (QED) is 0.318. The second-order valence-corrected chi connectivity index (χ2v) is 7.83. The number of nitrogens with zero attached hydrogens (tertiary/aromatic N) is 2. The highest BCUT2D eigenvalue weighted by molar-refractivity contribution is 6.36. The fraction of sp³-hybridized carbons (Fsp3) is 0.318. The number of hydrogen-bond acceptors (Lipinski definition) is 7. The number of allylic oxidation sites excluding steroid dienone is 1. The largest absolute Gasteiger partial charge is 0.495 e. The predicted octanol–water partition coefficient (Wildman–Crippen LogP) is 4.93. The predicted molar refractivity (Wildman–Crippen MR) is 127 cm³/mol. The van der Waals surface area contributed by atoms with Crippen molar-refractivity contribution < 1.29 is 4.74 Å². The van der Waals surface area contributed by atoms with Crippen molar-refractivity contribution in [2.45, 2.75) is 31.7 Å². The monoisotopic (exact) mass is 439 g/mol. The van der Waals surface area contributed by atoms with Crippen LogP contribution in [0.2, 0.25) is 5.02 Å². The van der Waals surface area contributed by atoms with Gasteiger partial charge >= 0.3 is 0 Å². The summed E-state index contributed by atoms with van der Waals surface area (Å²) in [4.78, 5) is 12.4. The van der Waals surface area contributed by atoms with Gasteiger partial charge < -0.3 is 31.1 Å². The second-order valence-electron chi connectivity index (χ2n) is 7.42. The molecule has 1 aromatic carbocycles. The molecular weight excluding hydrogens is 414 g/mol. The number of nitrogens with one attached hydrogen (secondary N) is 5. The fourth-order valence-corrected chi connectivity index (χ4v) is 4.14. The Morgan fingerprint density at radius 2 is 2.10 bits per heavy atom. The van der Waals surface area contributed by atoms with Gasteiger partial charge in [0.1, 0.15) is 17.2 Å². The molecule has 162 valence electrons. The molecule has 0 aliphatic heterocycles. The van der Waals surface area contributed by atoms with Crippen molar-refractivity contribution in [1.82, 2.24) is 20.3 Å². The summed E-state index contributed by atoms with van der Waals surface area (Å²) in [7, 11) is 3.43. The van der Waals surface area contributed by atoms with E-state index in [1.807, 2.05) is 25.2 Å². The molecule has 1 aliphatic rings. The maximum absolute atomic E-state index is 7.32. The van der Waals surface area contributed by atoms with E-state index in [0.717, 1.165) is 41.0 Å². The Morgan fingerprint density at radius 3 is 2.81 bits per heavy atom. The highest BCUT2D eigenvalue weighted by atomic mass is 35.5. The van der Waals surface area contributed by atoms with Crippen LogP contribution >= 0.6 is 11.6 Å². The lowest BCUT2D eigenvalue weighted by Gasteiger charge is -2.16. The Morgan fingerprint density at radius 1 is 1.29 bits per heavy atom. The van der Waals surface area contributed by atoms with Crippen molar-refractivity contribution in [2.24, 2.45) is 0 Å². The van der Waals surface area contributed by atoms with Gasteiger partial charge in [0, 0.05) is 36.8 Å². The number of methoxy groups -OCH3 is 1. The van der Waals surface area contributed by atoms with Crippen LogP contribution < -0.4 is 20.7 Å². The minimum absolute atomic E-state index is 0.395. The summed E-state index contributed by atoms with van der Waals surface area (Å²) >= 11 is 6.39. The zero-order valence-electron chi connectivity index (χ0n) is 17.6. The van der Waals surface area contributed by atoms with Crippen molar-refractivity contribution in [3.05, 3.63) is 41.1 Å². The van der Waals surface area contributed by atoms with Gasteiger partial charge in [-0.1, -0.05) is 30.5 Å². The number of H-pyrrole nitrogens is 1. The number of anilines is 3. The van der Waals surface area contributed by atoms with Crippen LogP contribution in [-0.4, -0.2) is 41.4 Å². The molecule has 0 amide bonds. The molecule has 0 spiro atoms. The van der Waals surface area contributed by atoms with Crippen LogP contribution in [0, 0.1) is 5.41 Å². The molecule has 3 aromatic rings. The summed E-state index contributed by atoms with van der Waals surface area (Å²) in [6, 6.07) is 6.14. The molecule has 0 unspecified atom stereocenters. The summed E-state index contributed by atoms with van der Waals surface area (Å²) in [5.74, 6) is 1.82. The summed E-state index contributed by atoms with van der Waals surface area (Å²) in [5.41, 5.74) is 3.14. The first kappa shape index (κ1) is 21.0. The van der Waals surface area contributed by atoms with Gasteiger partial charge in [0.15, 0.2) is 0 Å². The van der Waals surface area contributed by atoms with Crippen LogP contribution in [0.15, 0.2) is 30.5 Å². The molecule has 1 aliphatic carbocycles. The zero-order chi connectivity index (χ0) is 21.8. The first-order chi connectivity index (χ1) is 15.1. The first-order valence-corrected chi connectivity index (χ1v) is 10.7. The molecule has 1 saturated carbocycles. The lowest BCUT2D eigenvalue weighted by molar-refractivity contribution is 0.416. The summed E-state index contributed by atoms with van der Waals surface area (Å²) in [5, 5.41) is 18.6. The number of aromatic nitrogens is 3.